The van der Waals surface area contributed by atoms with Crippen molar-refractivity contribution in [2.75, 3.05) is 22.6 Å². The van der Waals surface area contributed by atoms with Crippen LogP contribution in [-0.2, 0) is 0 Å². The summed E-state index contributed by atoms with van der Waals surface area (Å²) in [6, 6.07) is 14.2. The van der Waals surface area contributed by atoms with Gasteiger partial charge in [-0.3, -0.25) is 4.79 Å². The van der Waals surface area contributed by atoms with E-state index in [4.69, 9.17) is 5.73 Å². The van der Waals surface area contributed by atoms with E-state index in [9.17, 15) is 4.79 Å². The third-order valence-electron chi connectivity index (χ3n) is 4.73. The molecule has 2 heterocycles. The molecule has 158 valence electrons. The third kappa shape index (κ3) is 4.46. The molecule has 0 aliphatic carbocycles. The molecule has 0 unspecified atom stereocenters. The molecule has 2 aromatic carbocycles. The fraction of sp³-hybridized carbons (Fsp3) is 0.182. The summed E-state index contributed by atoms with van der Waals surface area (Å²) in [7, 11) is 0. The zero-order valence-electron chi connectivity index (χ0n) is 17.5. The largest absolute Gasteiger partial charge is 0.399 e. The van der Waals surface area contributed by atoms with Crippen LogP contribution < -0.4 is 16.4 Å². The van der Waals surface area contributed by atoms with E-state index in [0.717, 1.165) is 16.9 Å². The SMILES string of the molecule is CSc1nc(Nc2cccc(NC(=O)c3ccc(N)cc3)c2)n2ncc(C(C)C)c2n1. The molecule has 4 rings (SSSR count). The Bertz CT molecular complexity index is 1230. The lowest BCUT2D eigenvalue weighted by Crippen LogP contribution is -2.12. The number of anilines is 4. The van der Waals surface area contributed by atoms with Crippen molar-refractivity contribution >= 4 is 46.3 Å². The Hall–Kier alpha value is -3.59. The highest BCUT2D eigenvalue weighted by Crippen LogP contribution is 2.25. The Morgan fingerprint density at radius 2 is 1.84 bits per heavy atom. The molecule has 0 aliphatic heterocycles. The van der Waals surface area contributed by atoms with Gasteiger partial charge in [-0.2, -0.15) is 14.6 Å². The summed E-state index contributed by atoms with van der Waals surface area (Å²) in [6.45, 7) is 4.22. The maximum Gasteiger partial charge on any atom is 0.255 e. The summed E-state index contributed by atoms with van der Waals surface area (Å²) < 4.78 is 1.70. The molecule has 31 heavy (non-hydrogen) atoms. The molecule has 0 fully saturated rings. The van der Waals surface area contributed by atoms with Crippen molar-refractivity contribution in [3.63, 3.8) is 0 Å². The summed E-state index contributed by atoms with van der Waals surface area (Å²) in [6.07, 6.45) is 3.77. The first-order chi connectivity index (χ1) is 14.9. The van der Waals surface area contributed by atoms with Gasteiger partial charge in [0.1, 0.15) is 0 Å². The number of nitrogens with zero attached hydrogens (tertiary/aromatic N) is 4. The van der Waals surface area contributed by atoms with Crippen molar-refractivity contribution in [2.24, 2.45) is 0 Å². The van der Waals surface area contributed by atoms with E-state index in [0.29, 0.717) is 34.0 Å². The highest BCUT2D eigenvalue weighted by molar-refractivity contribution is 7.98. The van der Waals surface area contributed by atoms with E-state index >= 15 is 0 Å². The monoisotopic (exact) mass is 433 g/mol. The van der Waals surface area contributed by atoms with Crippen molar-refractivity contribution in [1.82, 2.24) is 19.6 Å². The number of rotatable bonds is 6. The summed E-state index contributed by atoms with van der Waals surface area (Å²) in [4.78, 5) is 21.7. The molecular formula is C22H23N7OS. The number of nitrogens with two attached hydrogens (primary N) is 1. The van der Waals surface area contributed by atoms with Crippen molar-refractivity contribution < 1.29 is 4.79 Å². The lowest BCUT2D eigenvalue weighted by Gasteiger charge is -2.11. The summed E-state index contributed by atoms with van der Waals surface area (Å²) in [5.41, 5.74) is 10.1. The topological polar surface area (TPSA) is 110 Å². The van der Waals surface area contributed by atoms with Crippen LogP contribution in [-0.4, -0.2) is 31.7 Å². The van der Waals surface area contributed by atoms with Gasteiger partial charge in [0, 0.05) is 28.2 Å². The molecule has 0 atom stereocenters. The fourth-order valence-corrected chi connectivity index (χ4v) is 3.45. The first kappa shape index (κ1) is 20.7. The third-order valence-corrected chi connectivity index (χ3v) is 5.28. The molecule has 0 spiro atoms. The van der Waals surface area contributed by atoms with Crippen LogP contribution in [0.3, 0.4) is 0 Å². The number of benzene rings is 2. The second-order valence-electron chi connectivity index (χ2n) is 7.31. The van der Waals surface area contributed by atoms with Gasteiger partial charge < -0.3 is 16.4 Å². The van der Waals surface area contributed by atoms with Crippen molar-refractivity contribution in [3.8, 4) is 0 Å². The molecule has 0 saturated heterocycles. The van der Waals surface area contributed by atoms with Gasteiger partial charge in [0.05, 0.1) is 6.20 Å². The minimum atomic E-state index is -0.208. The Kier molecular flexibility index (Phi) is 5.77. The number of hydrogen-bond acceptors (Lipinski definition) is 7. The second-order valence-corrected chi connectivity index (χ2v) is 8.08. The van der Waals surface area contributed by atoms with Gasteiger partial charge in [0.15, 0.2) is 10.8 Å². The lowest BCUT2D eigenvalue weighted by atomic mass is 10.1. The van der Waals surface area contributed by atoms with Gasteiger partial charge in [-0.15, -0.1) is 0 Å². The maximum atomic E-state index is 12.5. The molecule has 4 N–H and O–H groups in total. The first-order valence-electron chi connectivity index (χ1n) is 9.78. The molecule has 4 aromatic rings. The van der Waals surface area contributed by atoms with Crippen LogP contribution in [0.2, 0.25) is 0 Å². The second kappa shape index (κ2) is 8.65. The van der Waals surface area contributed by atoms with Gasteiger partial charge in [-0.05, 0) is 54.6 Å². The number of carbonyl (C=O) groups is 1. The Morgan fingerprint density at radius 1 is 1.10 bits per heavy atom. The van der Waals surface area contributed by atoms with E-state index in [-0.39, 0.29) is 5.91 Å². The van der Waals surface area contributed by atoms with Crippen molar-refractivity contribution in [1.29, 1.82) is 0 Å². The Labute approximate surface area is 184 Å². The van der Waals surface area contributed by atoms with Gasteiger partial charge >= 0.3 is 0 Å². The van der Waals surface area contributed by atoms with Crippen LogP contribution >= 0.6 is 11.8 Å². The number of carbonyl (C=O) groups excluding carboxylic acids is 1. The van der Waals surface area contributed by atoms with E-state index in [1.54, 1.807) is 28.8 Å². The van der Waals surface area contributed by atoms with Crippen molar-refractivity contribution in [2.45, 2.75) is 24.9 Å². The summed E-state index contributed by atoms with van der Waals surface area (Å²) >= 11 is 1.47. The summed E-state index contributed by atoms with van der Waals surface area (Å²) in [5.74, 6) is 0.644. The minimum Gasteiger partial charge on any atom is -0.399 e. The van der Waals surface area contributed by atoms with Gasteiger partial charge in [-0.1, -0.05) is 31.7 Å². The molecule has 1 amide bonds. The quantitative estimate of drug-likeness (QED) is 0.302. The van der Waals surface area contributed by atoms with Crippen LogP contribution in [0, 0.1) is 0 Å². The van der Waals surface area contributed by atoms with Crippen LogP contribution in [0.15, 0.2) is 59.9 Å². The molecular weight excluding hydrogens is 410 g/mol. The molecule has 0 saturated carbocycles. The van der Waals surface area contributed by atoms with E-state index in [1.165, 1.54) is 11.8 Å². The van der Waals surface area contributed by atoms with Crippen LogP contribution in [0.1, 0.15) is 35.7 Å². The zero-order chi connectivity index (χ0) is 22.0. The van der Waals surface area contributed by atoms with E-state index in [2.05, 4.69) is 39.5 Å². The van der Waals surface area contributed by atoms with Crippen molar-refractivity contribution in [3.05, 3.63) is 65.9 Å². The van der Waals surface area contributed by atoms with Crippen LogP contribution in [0.4, 0.5) is 23.0 Å². The molecule has 8 nitrogen and oxygen atoms in total. The number of nitrogen functional groups attached to an aromatic ring is 1. The predicted molar refractivity (Wildman–Crippen MR) is 125 cm³/mol. The molecule has 0 aliphatic rings. The first-order valence-corrected chi connectivity index (χ1v) is 11.0. The Balaban J connectivity index is 1.61. The standard InChI is InChI=1S/C22H23N7OS/c1-13(2)18-12-24-29-19(18)27-22(31-3)28-21(29)26-17-6-4-5-16(11-17)25-20(30)14-7-9-15(23)10-8-14/h4-13H,23H2,1-3H3,(H,25,30)(H,26,27,28). The average Bonchev–Trinajstić information content (AvgIpc) is 3.19. The smallest absolute Gasteiger partial charge is 0.255 e. The number of aromatic nitrogens is 4. The molecule has 9 heteroatoms. The zero-order valence-corrected chi connectivity index (χ0v) is 18.3. The van der Waals surface area contributed by atoms with E-state index < -0.39 is 0 Å². The number of hydrogen-bond donors (Lipinski definition) is 3. The molecule has 0 bridgehead atoms. The summed E-state index contributed by atoms with van der Waals surface area (Å²) in [5, 5.41) is 11.3. The fourth-order valence-electron chi connectivity index (χ4n) is 3.10. The maximum absolute atomic E-state index is 12.5. The highest BCUT2D eigenvalue weighted by Gasteiger charge is 2.15. The predicted octanol–water partition coefficient (Wildman–Crippen LogP) is 4.55. The Morgan fingerprint density at radius 3 is 2.55 bits per heavy atom. The minimum absolute atomic E-state index is 0.208. The molecule has 2 aromatic heterocycles. The van der Waals surface area contributed by atoms with Gasteiger partial charge in [0.25, 0.3) is 5.91 Å². The lowest BCUT2D eigenvalue weighted by molar-refractivity contribution is 0.102. The normalized spacial score (nSPS) is 11.1. The number of amides is 1. The molecule has 0 radical (unpaired) electrons. The van der Waals surface area contributed by atoms with Crippen LogP contribution in [0.25, 0.3) is 5.65 Å². The average molecular weight is 434 g/mol. The van der Waals surface area contributed by atoms with E-state index in [1.807, 2.05) is 36.7 Å². The number of fused-ring (bicyclic) bond motifs is 1. The number of nitrogens with one attached hydrogen (secondary N) is 2. The van der Waals surface area contributed by atoms with Crippen LogP contribution in [0.5, 0.6) is 0 Å². The van der Waals surface area contributed by atoms with Gasteiger partial charge in [-0.25, -0.2) is 4.98 Å². The number of thioether (sulfide) groups is 1. The highest BCUT2D eigenvalue weighted by atomic mass is 32.2. The van der Waals surface area contributed by atoms with Gasteiger partial charge in [0.2, 0.25) is 5.95 Å².